The van der Waals surface area contributed by atoms with Crippen LogP contribution in [-0.2, 0) is 28.7 Å². The van der Waals surface area contributed by atoms with Crippen molar-refractivity contribution in [2.45, 2.75) is 111 Å². The molecule has 3 unspecified atom stereocenters. The van der Waals surface area contributed by atoms with Crippen molar-refractivity contribution in [3.05, 3.63) is 35.4 Å². The summed E-state index contributed by atoms with van der Waals surface area (Å²) < 4.78 is 10.4. The fourth-order valence-corrected chi connectivity index (χ4v) is 4.38. The summed E-state index contributed by atoms with van der Waals surface area (Å²) in [5.41, 5.74) is 6.03. The zero-order valence-electron chi connectivity index (χ0n) is 26.5. The van der Waals surface area contributed by atoms with Crippen LogP contribution in [0.3, 0.4) is 0 Å². The van der Waals surface area contributed by atoms with Gasteiger partial charge >= 0.3 is 12.1 Å². The first-order valence-electron chi connectivity index (χ1n) is 14.7. The first kappa shape index (κ1) is 36.4. The Balaban J connectivity index is 3.59. The van der Waals surface area contributed by atoms with E-state index in [1.54, 1.807) is 39.8 Å². The first-order valence-corrected chi connectivity index (χ1v) is 14.7. The summed E-state index contributed by atoms with van der Waals surface area (Å²) in [4.78, 5) is 66.0. The molecule has 0 aliphatic carbocycles. The number of nitrogens with two attached hydrogens (primary N) is 1. The monoisotopic (exact) mass is 590 g/mol. The quantitative estimate of drug-likeness (QED) is 0.246. The van der Waals surface area contributed by atoms with Crippen LogP contribution in [0, 0.1) is 12.8 Å². The SMILES string of the molecule is CCOC(=O)CCNC(=O)C(c1cccc(C)c1)N(C(=O)C(CCC(N)=O)NC(=O)OC(C)(C)C)C(C)CCC(C)C. The molecule has 11 heteroatoms. The van der Waals surface area contributed by atoms with Crippen molar-refractivity contribution in [3.63, 3.8) is 0 Å². The van der Waals surface area contributed by atoms with Crippen LogP contribution < -0.4 is 16.4 Å². The Hall–Kier alpha value is -3.63. The van der Waals surface area contributed by atoms with Gasteiger partial charge in [0.25, 0.3) is 0 Å². The Bertz CT molecular complexity index is 1070. The molecule has 0 aromatic heterocycles. The standard InChI is InChI=1S/C31H50N4O7/c1-9-41-26(37)17-18-33-28(38)27(23-12-10-11-21(4)19-23)35(22(5)14-13-20(2)3)29(39)24(15-16-25(32)36)34-30(40)42-31(6,7)8/h10-12,19-20,22,24,27H,9,13-18H2,1-8H3,(H2,32,36)(H,33,38)(H,34,40). The van der Waals surface area contributed by atoms with Crippen molar-refractivity contribution in [1.29, 1.82) is 0 Å². The molecule has 0 aliphatic rings. The van der Waals surface area contributed by atoms with E-state index in [0.29, 0.717) is 17.9 Å². The predicted molar refractivity (Wildman–Crippen MR) is 160 cm³/mol. The van der Waals surface area contributed by atoms with Crippen LogP contribution in [0.2, 0.25) is 0 Å². The van der Waals surface area contributed by atoms with Crippen molar-refractivity contribution in [1.82, 2.24) is 15.5 Å². The third-order valence-electron chi connectivity index (χ3n) is 6.38. The summed E-state index contributed by atoms with van der Waals surface area (Å²) in [6.07, 6.45) is 0.259. The van der Waals surface area contributed by atoms with E-state index in [1.807, 2.05) is 26.0 Å². The molecule has 1 aromatic rings. The Morgan fingerprint density at radius 1 is 1.00 bits per heavy atom. The fourth-order valence-electron chi connectivity index (χ4n) is 4.38. The second-order valence-corrected chi connectivity index (χ2v) is 11.9. The number of nitrogens with one attached hydrogen (secondary N) is 2. The summed E-state index contributed by atoms with van der Waals surface area (Å²) in [6, 6.07) is 4.56. The van der Waals surface area contributed by atoms with Crippen molar-refractivity contribution >= 4 is 29.8 Å². The number of rotatable bonds is 16. The minimum absolute atomic E-state index is 0.0175. The van der Waals surface area contributed by atoms with Crippen LogP contribution in [0.15, 0.2) is 24.3 Å². The molecule has 0 bridgehead atoms. The second kappa shape index (κ2) is 17.4. The van der Waals surface area contributed by atoms with Crippen LogP contribution in [0.25, 0.3) is 0 Å². The molecule has 0 saturated carbocycles. The predicted octanol–water partition coefficient (Wildman–Crippen LogP) is 3.92. The summed E-state index contributed by atoms with van der Waals surface area (Å²) in [5.74, 6) is -1.78. The summed E-state index contributed by atoms with van der Waals surface area (Å²) >= 11 is 0. The zero-order valence-corrected chi connectivity index (χ0v) is 26.5. The third-order valence-corrected chi connectivity index (χ3v) is 6.38. The maximum Gasteiger partial charge on any atom is 0.408 e. The van der Waals surface area contributed by atoms with Crippen LogP contribution in [0.4, 0.5) is 4.79 Å². The van der Waals surface area contributed by atoms with E-state index in [0.717, 1.165) is 12.0 Å². The van der Waals surface area contributed by atoms with Gasteiger partial charge in [-0.1, -0.05) is 43.7 Å². The number of nitrogens with zero attached hydrogens (tertiary/aromatic N) is 1. The summed E-state index contributed by atoms with van der Waals surface area (Å²) in [5, 5.41) is 5.39. The highest BCUT2D eigenvalue weighted by Crippen LogP contribution is 2.28. The number of hydrogen-bond donors (Lipinski definition) is 3. The fraction of sp³-hybridized carbons (Fsp3) is 0.645. The average Bonchev–Trinajstić information content (AvgIpc) is 2.86. The molecule has 4 amide bonds. The van der Waals surface area contributed by atoms with E-state index in [2.05, 4.69) is 24.5 Å². The Morgan fingerprint density at radius 3 is 2.21 bits per heavy atom. The number of carbonyl (C=O) groups is 5. The summed E-state index contributed by atoms with van der Waals surface area (Å²) in [6.45, 7) is 14.9. The molecule has 0 fully saturated rings. The molecule has 0 heterocycles. The van der Waals surface area contributed by atoms with Gasteiger partial charge in [0.1, 0.15) is 17.7 Å². The molecular weight excluding hydrogens is 540 g/mol. The number of benzene rings is 1. The topological polar surface area (TPSA) is 157 Å². The largest absolute Gasteiger partial charge is 0.466 e. The highest BCUT2D eigenvalue weighted by Gasteiger charge is 2.39. The highest BCUT2D eigenvalue weighted by molar-refractivity contribution is 5.93. The van der Waals surface area contributed by atoms with Crippen molar-refractivity contribution in [2.75, 3.05) is 13.2 Å². The number of hydrogen-bond acceptors (Lipinski definition) is 7. The van der Waals surface area contributed by atoms with Crippen molar-refractivity contribution < 1.29 is 33.4 Å². The zero-order chi connectivity index (χ0) is 32.0. The van der Waals surface area contributed by atoms with E-state index < -0.39 is 53.5 Å². The van der Waals surface area contributed by atoms with E-state index in [4.69, 9.17) is 15.2 Å². The molecule has 11 nitrogen and oxygen atoms in total. The maximum atomic E-state index is 14.4. The molecular formula is C31H50N4O7. The number of carbonyl (C=O) groups excluding carboxylic acids is 5. The molecule has 4 N–H and O–H groups in total. The van der Waals surface area contributed by atoms with Gasteiger partial charge < -0.3 is 30.7 Å². The molecule has 0 aliphatic heterocycles. The van der Waals surface area contributed by atoms with E-state index in [-0.39, 0.29) is 32.4 Å². The van der Waals surface area contributed by atoms with Crippen molar-refractivity contribution in [3.8, 4) is 0 Å². The maximum absolute atomic E-state index is 14.4. The Kier molecular flexibility index (Phi) is 15.0. The number of aryl methyl sites for hydroxylation is 1. The Labute approximate surface area is 250 Å². The molecule has 3 atom stereocenters. The van der Waals surface area contributed by atoms with Crippen LogP contribution in [0.5, 0.6) is 0 Å². The molecule has 0 radical (unpaired) electrons. The van der Waals surface area contributed by atoms with Gasteiger partial charge in [-0.25, -0.2) is 4.79 Å². The Morgan fingerprint density at radius 2 is 1.67 bits per heavy atom. The average molecular weight is 591 g/mol. The lowest BCUT2D eigenvalue weighted by Crippen LogP contribution is -2.55. The van der Waals surface area contributed by atoms with Gasteiger partial charge in [0, 0.05) is 19.0 Å². The van der Waals surface area contributed by atoms with Crippen molar-refractivity contribution in [2.24, 2.45) is 11.7 Å². The molecule has 0 spiro atoms. The van der Waals surface area contributed by atoms with Gasteiger partial charge in [-0.05, 0) is 72.3 Å². The van der Waals surface area contributed by atoms with Gasteiger partial charge in [-0.3, -0.25) is 19.2 Å². The van der Waals surface area contributed by atoms with E-state index in [9.17, 15) is 24.0 Å². The van der Waals surface area contributed by atoms with Gasteiger partial charge in [0.05, 0.1) is 13.0 Å². The van der Waals surface area contributed by atoms with Crippen LogP contribution >= 0.6 is 0 Å². The molecule has 1 aromatic carbocycles. The lowest BCUT2D eigenvalue weighted by atomic mass is 9.95. The minimum Gasteiger partial charge on any atom is -0.466 e. The van der Waals surface area contributed by atoms with Gasteiger partial charge in [0.2, 0.25) is 17.7 Å². The van der Waals surface area contributed by atoms with Crippen LogP contribution in [0.1, 0.15) is 97.7 Å². The number of ether oxygens (including phenoxy) is 2. The molecule has 236 valence electrons. The second-order valence-electron chi connectivity index (χ2n) is 11.9. The lowest BCUT2D eigenvalue weighted by Gasteiger charge is -2.39. The van der Waals surface area contributed by atoms with Gasteiger partial charge in [-0.15, -0.1) is 0 Å². The smallest absolute Gasteiger partial charge is 0.408 e. The van der Waals surface area contributed by atoms with Gasteiger partial charge in [-0.2, -0.15) is 0 Å². The number of primary amides is 1. The minimum atomic E-state index is -1.19. The van der Waals surface area contributed by atoms with Crippen LogP contribution in [-0.4, -0.2) is 65.5 Å². The first-order chi connectivity index (χ1) is 19.5. The number of amides is 4. The van der Waals surface area contributed by atoms with Gasteiger partial charge in [0.15, 0.2) is 0 Å². The molecule has 0 saturated heterocycles. The highest BCUT2D eigenvalue weighted by atomic mass is 16.6. The number of alkyl carbamates (subject to hydrolysis) is 1. The lowest BCUT2D eigenvalue weighted by molar-refractivity contribution is -0.146. The normalized spacial score (nSPS) is 13.5. The molecule has 42 heavy (non-hydrogen) atoms. The third kappa shape index (κ3) is 13.4. The number of esters is 1. The summed E-state index contributed by atoms with van der Waals surface area (Å²) in [7, 11) is 0. The van der Waals surface area contributed by atoms with E-state index in [1.165, 1.54) is 4.90 Å². The van der Waals surface area contributed by atoms with E-state index >= 15 is 0 Å². The molecule has 1 rings (SSSR count).